The molecule has 0 rings (SSSR count). The third-order valence-corrected chi connectivity index (χ3v) is 1.68. The van der Waals surface area contributed by atoms with E-state index < -0.39 is 4.32 Å². The monoisotopic (exact) mass is 250 g/mol. The quantitative estimate of drug-likeness (QED) is 0.561. The lowest BCUT2D eigenvalue weighted by molar-refractivity contribution is -0.123. The summed E-state index contributed by atoms with van der Waals surface area (Å²) in [7, 11) is 0. The van der Waals surface area contributed by atoms with Crippen LogP contribution >= 0.6 is 15.9 Å². The Bertz CT molecular complexity index is 199. The molecular formula is C8H15BrN2O2. The molecule has 0 unspecified atom stereocenters. The Morgan fingerprint density at radius 1 is 1.23 bits per heavy atom. The molecule has 0 aliphatic carbocycles. The van der Waals surface area contributed by atoms with Gasteiger partial charge in [-0.05, 0) is 13.8 Å². The minimum absolute atomic E-state index is 0.0853. The molecule has 0 radical (unpaired) electrons. The number of hydrogen-bond donors (Lipinski definition) is 2. The van der Waals surface area contributed by atoms with Gasteiger partial charge < -0.3 is 10.6 Å². The second-order valence-electron chi connectivity index (χ2n) is 3.21. The van der Waals surface area contributed by atoms with E-state index in [1.807, 2.05) is 0 Å². The van der Waals surface area contributed by atoms with E-state index in [4.69, 9.17) is 0 Å². The number of nitrogens with one attached hydrogen (secondary N) is 2. The first-order chi connectivity index (χ1) is 5.84. The molecule has 2 amide bonds. The van der Waals surface area contributed by atoms with Crippen molar-refractivity contribution in [3.63, 3.8) is 0 Å². The molecule has 0 aromatic heterocycles. The summed E-state index contributed by atoms with van der Waals surface area (Å²) >= 11 is 3.23. The molecule has 76 valence electrons. The van der Waals surface area contributed by atoms with Gasteiger partial charge in [-0.2, -0.15) is 0 Å². The average Bonchev–Trinajstić information content (AvgIpc) is 1.95. The second kappa shape index (κ2) is 5.21. The zero-order valence-electron chi connectivity index (χ0n) is 8.11. The van der Waals surface area contributed by atoms with Crippen molar-refractivity contribution < 1.29 is 9.59 Å². The summed E-state index contributed by atoms with van der Waals surface area (Å²) in [6.07, 6.45) is 0. The highest BCUT2D eigenvalue weighted by Gasteiger charge is 2.22. The molecule has 0 atom stereocenters. The van der Waals surface area contributed by atoms with Crippen LogP contribution in [0, 0.1) is 0 Å². The SMILES string of the molecule is CC(=O)NCCNC(=O)C(C)(C)Br. The van der Waals surface area contributed by atoms with Gasteiger partial charge in [0.2, 0.25) is 11.8 Å². The number of amides is 2. The predicted octanol–water partition coefficient (Wildman–Crippen LogP) is 0.412. The third-order valence-electron chi connectivity index (χ3n) is 1.32. The van der Waals surface area contributed by atoms with Crippen LogP contribution in [0.4, 0.5) is 0 Å². The molecule has 0 aromatic rings. The minimum Gasteiger partial charge on any atom is -0.355 e. The van der Waals surface area contributed by atoms with Gasteiger partial charge in [0, 0.05) is 20.0 Å². The van der Waals surface area contributed by atoms with E-state index in [9.17, 15) is 9.59 Å². The molecule has 0 aromatic carbocycles. The molecular weight excluding hydrogens is 236 g/mol. The van der Waals surface area contributed by atoms with Crippen LogP contribution in [0.2, 0.25) is 0 Å². The van der Waals surface area contributed by atoms with Gasteiger partial charge in [-0.15, -0.1) is 0 Å². The van der Waals surface area contributed by atoms with Crippen molar-refractivity contribution in [3.8, 4) is 0 Å². The summed E-state index contributed by atoms with van der Waals surface area (Å²) in [5.74, 6) is -0.176. The summed E-state index contributed by atoms with van der Waals surface area (Å²) in [5, 5.41) is 5.26. The van der Waals surface area contributed by atoms with Crippen molar-refractivity contribution in [2.75, 3.05) is 13.1 Å². The maximum Gasteiger partial charge on any atom is 0.236 e. The Labute approximate surface area is 86.6 Å². The smallest absolute Gasteiger partial charge is 0.236 e. The van der Waals surface area contributed by atoms with Crippen LogP contribution in [0.25, 0.3) is 0 Å². The Kier molecular flexibility index (Phi) is 4.98. The van der Waals surface area contributed by atoms with Crippen molar-refractivity contribution in [1.82, 2.24) is 10.6 Å². The van der Waals surface area contributed by atoms with Crippen LogP contribution in [-0.2, 0) is 9.59 Å². The number of hydrogen-bond acceptors (Lipinski definition) is 2. The van der Waals surface area contributed by atoms with E-state index >= 15 is 0 Å². The lowest BCUT2D eigenvalue weighted by atomic mass is 10.2. The van der Waals surface area contributed by atoms with E-state index in [0.29, 0.717) is 13.1 Å². The highest BCUT2D eigenvalue weighted by atomic mass is 79.9. The summed E-state index contributed by atoms with van der Waals surface area (Å²) in [5.41, 5.74) is 0. The van der Waals surface area contributed by atoms with Gasteiger partial charge in [0.25, 0.3) is 0 Å². The van der Waals surface area contributed by atoms with E-state index in [0.717, 1.165) is 0 Å². The van der Waals surface area contributed by atoms with E-state index in [2.05, 4.69) is 26.6 Å². The molecule has 0 bridgehead atoms. The lowest BCUT2D eigenvalue weighted by Crippen LogP contribution is -2.41. The standard InChI is InChI=1S/C8H15BrN2O2/c1-6(12)10-4-5-11-7(13)8(2,3)9/h4-5H2,1-3H3,(H,10,12)(H,11,13). The van der Waals surface area contributed by atoms with Gasteiger partial charge in [-0.1, -0.05) is 15.9 Å². The van der Waals surface area contributed by atoms with Crippen LogP contribution in [0.3, 0.4) is 0 Å². The maximum atomic E-state index is 11.2. The zero-order chi connectivity index (χ0) is 10.5. The molecule has 0 spiro atoms. The molecule has 4 nitrogen and oxygen atoms in total. The Balaban J connectivity index is 3.55. The summed E-state index contributed by atoms with van der Waals surface area (Å²) in [6, 6.07) is 0. The van der Waals surface area contributed by atoms with Crippen molar-refractivity contribution >= 4 is 27.7 Å². The summed E-state index contributed by atoms with van der Waals surface area (Å²) < 4.78 is -0.552. The molecule has 0 aliphatic heterocycles. The first kappa shape index (κ1) is 12.4. The van der Waals surface area contributed by atoms with Crippen molar-refractivity contribution in [3.05, 3.63) is 0 Å². The predicted molar refractivity (Wildman–Crippen MR) is 54.7 cm³/mol. The lowest BCUT2D eigenvalue weighted by Gasteiger charge is -2.15. The molecule has 0 saturated heterocycles. The molecule has 0 fully saturated rings. The molecule has 2 N–H and O–H groups in total. The van der Waals surface area contributed by atoms with E-state index in [1.54, 1.807) is 13.8 Å². The maximum absolute atomic E-state index is 11.2. The van der Waals surface area contributed by atoms with Gasteiger partial charge in [-0.25, -0.2) is 0 Å². The Morgan fingerprint density at radius 2 is 1.69 bits per heavy atom. The minimum atomic E-state index is -0.552. The number of rotatable bonds is 4. The highest BCUT2D eigenvalue weighted by molar-refractivity contribution is 9.10. The second-order valence-corrected chi connectivity index (χ2v) is 5.19. The largest absolute Gasteiger partial charge is 0.355 e. The fourth-order valence-corrected chi connectivity index (χ4v) is 0.765. The van der Waals surface area contributed by atoms with Gasteiger partial charge in [0.1, 0.15) is 0 Å². The highest BCUT2D eigenvalue weighted by Crippen LogP contribution is 2.14. The molecule has 13 heavy (non-hydrogen) atoms. The molecule has 0 aliphatic rings. The van der Waals surface area contributed by atoms with E-state index in [-0.39, 0.29) is 11.8 Å². The molecule has 5 heteroatoms. The first-order valence-corrected chi connectivity index (χ1v) is 4.85. The molecule has 0 saturated carbocycles. The number of carbonyl (C=O) groups is 2. The van der Waals surface area contributed by atoms with Crippen molar-refractivity contribution in [2.45, 2.75) is 25.1 Å². The van der Waals surface area contributed by atoms with Crippen LogP contribution < -0.4 is 10.6 Å². The number of alkyl halides is 1. The van der Waals surface area contributed by atoms with Crippen molar-refractivity contribution in [1.29, 1.82) is 0 Å². The van der Waals surface area contributed by atoms with Crippen LogP contribution in [0.5, 0.6) is 0 Å². The fourth-order valence-electron chi connectivity index (χ4n) is 0.625. The Hall–Kier alpha value is -0.580. The van der Waals surface area contributed by atoms with Gasteiger partial charge in [0.05, 0.1) is 4.32 Å². The van der Waals surface area contributed by atoms with Gasteiger partial charge in [0.15, 0.2) is 0 Å². The third kappa shape index (κ3) is 6.57. The van der Waals surface area contributed by atoms with Crippen molar-refractivity contribution in [2.24, 2.45) is 0 Å². The fraction of sp³-hybridized carbons (Fsp3) is 0.750. The summed E-state index contributed by atoms with van der Waals surface area (Å²) in [4.78, 5) is 21.7. The topological polar surface area (TPSA) is 58.2 Å². The summed E-state index contributed by atoms with van der Waals surface area (Å²) in [6.45, 7) is 5.88. The molecule has 0 heterocycles. The van der Waals surface area contributed by atoms with Crippen LogP contribution in [-0.4, -0.2) is 29.2 Å². The van der Waals surface area contributed by atoms with Crippen LogP contribution in [0.1, 0.15) is 20.8 Å². The zero-order valence-corrected chi connectivity index (χ0v) is 9.69. The normalized spacial score (nSPS) is 10.8. The average molecular weight is 251 g/mol. The van der Waals surface area contributed by atoms with Gasteiger partial charge >= 0.3 is 0 Å². The number of carbonyl (C=O) groups excluding carboxylic acids is 2. The van der Waals surface area contributed by atoms with Crippen LogP contribution in [0.15, 0.2) is 0 Å². The Morgan fingerprint density at radius 3 is 2.08 bits per heavy atom. The number of halogens is 1. The van der Waals surface area contributed by atoms with E-state index in [1.165, 1.54) is 6.92 Å². The first-order valence-electron chi connectivity index (χ1n) is 4.05. The van der Waals surface area contributed by atoms with Gasteiger partial charge in [-0.3, -0.25) is 9.59 Å².